The van der Waals surface area contributed by atoms with Gasteiger partial charge in [-0.1, -0.05) is 54.8 Å². The molecular weight excluding hydrogens is 290 g/mol. The van der Waals surface area contributed by atoms with Crippen LogP contribution in [0.5, 0.6) is 0 Å². The van der Waals surface area contributed by atoms with E-state index in [1.165, 1.54) is 0 Å². The lowest BCUT2D eigenvalue weighted by Gasteiger charge is -2.31. The van der Waals surface area contributed by atoms with Gasteiger partial charge in [0.1, 0.15) is 5.54 Å². The summed E-state index contributed by atoms with van der Waals surface area (Å²) >= 11 is 0. The predicted molar refractivity (Wildman–Crippen MR) is 85.2 cm³/mol. The molecule has 0 atom stereocenters. The van der Waals surface area contributed by atoms with Crippen molar-refractivity contribution in [2.75, 3.05) is 0 Å². The van der Waals surface area contributed by atoms with Gasteiger partial charge in [-0.3, -0.25) is 4.79 Å². The summed E-state index contributed by atoms with van der Waals surface area (Å²) < 4.78 is 5.30. The number of carbonyl (C=O) groups is 1. The van der Waals surface area contributed by atoms with E-state index in [1.807, 2.05) is 30.3 Å². The van der Waals surface area contributed by atoms with Crippen molar-refractivity contribution in [1.82, 2.24) is 10.5 Å². The smallest absolute Gasteiger partial charge is 0.227 e. The Kier molecular flexibility index (Phi) is 4.42. The normalized spacial score (nSPS) is 16.5. The monoisotopic (exact) mass is 309 g/mol. The minimum absolute atomic E-state index is 0.125. The Balaban J connectivity index is 1.64. The first-order valence-corrected chi connectivity index (χ1v) is 7.94. The SMILES string of the molecule is N#CC1(NC(=O)Cc2cc(-c3ccccc3)on2)CCCCC1. The van der Waals surface area contributed by atoms with Crippen LogP contribution in [-0.2, 0) is 11.2 Å². The zero-order chi connectivity index (χ0) is 16.1. The number of benzene rings is 1. The zero-order valence-electron chi connectivity index (χ0n) is 12.9. The molecule has 1 amide bonds. The topological polar surface area (TPSA) is 78.9 Å². The van der Waals surface area contributed by atoms with Crippen molar-refractivity contribution in [2.45, 2.75) is 44.1 Å². The molecule has 1 N–H and O–H groups in total. The molecule has 3 rings (SSSR count). The number of aromatic nitrogens is 1. The third kappa shape index (κ3) is 3.59. The zero-order valence-corrected chi connectivity index (χ0v) is 12.9. The third-order valence-electron chi connectivity index (χ3n) is 4.26. The highest BCUT2D eigenvalue weighted by molar-refractivity contribution is 5.79. The number of carbonyl (C=O) groups excluding carboxylic acids is 1. The Morgan fingerprint density at radius 3 is 2.70 bits per heavy atom. The molecule has 0 saturated heterocycles. The Bertz CT molecular complexity index is 709. The van der Waals surface area contributed by atoms with E-state index in [2.05, 4.69) is 16.5 Å². The molecule has 5 nitrogen and oxygen atoms in total. The van der Waals surface area contributed by atoms with E-state index in [-0.39, 0.29) is 12.3 Å². The third-order valence-corrected chi connectivity index (χ3v) is 4.26. The molecular formula is C18H19N3O2. The highest BCUT2D eigenvalue weighted by Crippen LogP contribution is 2.27. The van der Waals surface area contributed by atoms with Gasteiger partial charge >= 0.3 is 0 Å². The van der Waals surface area contributed by atoms with Gasteiger partial charge < -0.3 is 9.84 Å². The number of rotatable bonds is 4. The second-order valence-electron chi connectivity index (χ2n) is 6.03. The molecule has 1 heterocycles. The molecule has 1 aromatic heterocycles. The molecule has 0 radical (unpaired) electrons. The van der Waals surface area contributed by atoms with Crippen molar-refractivity contribution in [2.24, 2.45) is 0 Å². The number of nitriles is 1. The van der Waals surface area contributed by atoms with Gasteiger partial charge in [-0.25, -0.2) is 0 Å². The lowest BCUT2D eigenvalue weighted by atomic mass is 9.83. The highest BCUT2D eigenvalue weighted by atomic mass is 16.5. The van der Waals surface area contributed by atoms with Gasteiger partial charge in [-0.05, 0) is 12.8 Å². The van der Waals surface area contributed by atoms with Gasteiger partial charge in [0, 0.05) is 11.6 Å². The fourth-order valence-electron chi connectivity index (χ4n) is 3.03. The van der Waals surface area contributed by atoms with Crippen LogP contribution in [0.4, 0.5) is 0 Å². The van der Waals surface area contributed by atoms with Crippen LogP contribution in [0.3, 0.4) is 0 Å². The average molecular weight is 309 g/mol. The van der Waals surface area contributed by atoms with E-state index in [4.69, 9.17) is 4.52 Å². The van der Waals surface area contributed by atoms with Crippen LogP contribution < -0.4 is 5.32 Å². The van der Waals surface area contributed by atoms with E-state index < -0.39 is 5.54 Å². The fraction of sp³-hybridized carbons (Fsp3) is 0.389. The van der Waals surface area contributed by atoms with Crippen molar-refractivity contribution < 1.29 is 9.32 Å². The lowest BCUT2D eigenvalue weighted by molar-refractivity contribution is -0.122. The largest absolute Gasteiger partial charge is 0.356 e. The average Bonchev–Trinajstić information content (AvgIpc) is 3.05. The van der Waals surface area contributed by atoms with E-state index >= 15 is 0 Å². The van der Waals surface area contributed by atoms with Gasteiger partial charge in [0.15, 0.2) is 5.76 Å². The van der Waals surface area contributed by atoms with Gasteiger partial charge in [-0.15, -0.1) is 0 Å². The molecule has 1 saturated carbocycles. The molecule has 0 aliphatic heterocycles. The summed E-state index contributed by atoms with van der Waals surface area (Å²) in [5, 5.41) is 16.3. The van der Waals surface area contributed by atoms with Gasteiger partial charge in [0.05, 0.1) is 18.2 Å². The number of hydrogen-bond acceptors (Lipinski definition) is 4. The van der Waals surface area contributed by atoms with Crippen molar-refractivity contribution in [3.8, 4) is 17.4 Å². The molecule has 1 fully saturated rings. The summed E-state index contributed by atoms with van der Waals surface area (Å²) in [5.74, 6) is 0.461. The molecule has 0 bridgehead atoms. The summed E-state index contributed by atoms with van der Waals surface area (Å²) in [6.45, 7) is 0. The number of hydrogen-bond donors (Lipinski definition) is 1. The standard InChI is InChI=1S/C18H19N3O2/c19-13-18(9-5-2-6-10-18)20-17(22)12-15-11-16(23-21-15)14-7-3-1-4-8-14/h1,3-4,7-8,11H,2,5-6,9-10,12H2,(H,20,22). The molecule has 118 valence electrons. The summed E-state index contributed by atoms with van der Waals surface area (Å²) in [6, 6.07) is 13.7. The molecule has 0 unspecified atom stereocenters. The Hall–Kier alpha value is -2.61. The Labute approximate surface area is 135 Å². The van der Waals surface area contributed by atoms with Crippen LogP contribution in [-0.4, -0.2) is 16.6 Å². The number of nitrogens with zero attached hydrogens (tertiary/aromatic N) is 2. The second kappa shape index (κ2) is 6.66. The Morgan fingerprint density at radius 1 is 1.26 bits per heavy atom. The Morgan fingerprint density at radius 2 is 2.00 bits per heavy atom. The second-order valence-corrected chi connectivity index (χ2v) is 6.03. The molecule has 1 aromatic carbocycles. The summed E-state index contributed by atoms with van der Waals surface area (Å²) in [6.07, 6.45) is 4.67. The summed E-state index contributed by atoms with van der Waals surface area (Å²) in [4.78, 5) is 12.2. The molecule has 1 aliphatic carbocycles. The van der Waals surface area contributed by atoms with E-state index in [0.29, 0.717) is 11.5 Å². The quantitative estimate of drug-likeness (QED) is 0.940. The van der Waals surface area contributed by atoms with E-state index in [9.17, 15) is 10.1 Å². The molecule has 23 heavy (non-hydrogen) atoms. The van der Waals surface area contributed by atoms with E-state index in [0.717, 1.165) is 37.7 Å². The minimum atomic E-state index is -0.707. The van der Waals surface area contributed by atoms with Crippen molar-refractivity contribution in [3.05, 3.63) is 42.1 Å². The van der Waals surface area contributed by atoms with Crippen molar-refractivity contribution >= 4 is 5.91 Å². The number of amides is 1. The van der Waals surface area contributed by atoms with E-state index in [1.54, 1.807) is 6.07 Å². The maximum Gasteiger partial charge on any atom is 0.227 e. The van der Waals surface area contributed by atoms with Gasteiger partial charge in [0.25, 0.3) is 0 Å². The summed E-state index contributed by atoms with van der Waals surface area (Å²) in [7, 11) is 0. The maximum absolute atomic E-state index is 12.2. The minimum Gasteiger partial charge on any atom is -0.356 e. The van der Waals surface area contributed by atoms with Crippen LogP contribution in [0.15, 0.2) is 40.9 Å². The molecule has 0 spiro atoms. The first kappa shape index (κ1) is 15.3. The predicted octanol–water partition coefficient (Wildman–Crippen LogP) is 3.23. The molecule has 1 aliphatic rings. The van der Waals surface area contributed by atoms with Crippen molar-refractivity contribution in [3.63, 3.8) is 0 Å². The maximum atomic E-state index is 12.2. The van der Waals surface area contributed by atoms with Crippen LogP contribution in [0.1, 0.15) is 37.8 Å². The highest BCUT2D eigenvalue weighted by Gasteiger charge is 2.33. The molecule has 2 aromatic rings. The first-order valence-electron chi connectivity index (χ1n) is 7.94. The van der Waals surface area contributed by atoms with Crippen LogP contribution in [0.2, 0.25) is 0 Å². The van der Waals surface area contributed by atoms with Gasteiger partial charge in [-0.2, -0.15) is 5.26 Å². The first-order chi connectivity index (χ1) is 11.2. The lowest BCUT2D eigenvalue weighted by Crippen LogP contribution is -2.49. The van der Waals surface area contributed by atoms with Crippen LogP contribution >= 0.6 is 0 Å². The van der Waals surface area contributed by atoms with Gasteiger partial charge in [0.2, 0.25) is 5.91 Å². The van der Waals surface area contributed by atoms with Crippen LogP contribution in [0.25, 0.3) is 11.3 Å². The fourth-order valence-corrected chi connectivity index (χ4v) is 3.03. The van der Waals surface area contributed by atoms with Crippen molar-refractivity contribution in [1.29, 1.82) is 5.26 Å². The number of nitrogens with one attached hydrogen (secondary N) is 1. The summed E-state index contributed by atoms with van der Waals surface area (Å²) in [5.41, 5.74) is 0.791. The molecule has 5 heteroatoms. The van der Waals surface area contributed by atoms with Crippen LogP contribution in [0, 0.1) is 11.3 Å².